The molecule has 0 bridgehead atoms. The minimum Gasteiger partial charge on any atom is -0.394 e. The van der Waals surface area contributed by atoms with E-state index in [9.17, 15) is 5.11 Å². The molecule has 1 unspecified atom stereocenters. The van der Waals surface area contributed by atoms with Crippen molar-refractivity contribution in [2.45, 2.75) is 51.5 Å². The van der Waals surface area contributed by atoms with Crippen LogP contribution in [0.3, 0.4) is 0 Å². The lowest BCUT2D eigenvalue weighted by molar-refractivity contribution is 0.239. The number of piperidine rings is 1. The first-order chi connectivity index (χ1) is 8.52. The number of hydrogen-bond donors (Lipinski definition) is 1. The van der Waals surface area contributed by atoms with Gasteiger partial charge in [0.15, 0.2) is 0 Å². The Labute approximate surface area is 109 Å². The van der Waals surface area contributed by atoms with E-state index in [2.05, 4.69) is 35.6 Å². The molecule has 18 heavy (non-hydrogen) atoms. The zero-order valence-electron chi connectivity index (χ0n) is 11.6. The van der Waals surface area contributed by atoms with Gasteiger partial charge in [0.2, 0.25) is 0 Å². The van der Waals surface area contributed by atoms with Crippen LogP contribution in [0, 0.1) is 0 Å². The fourth-order valence-corrected chi connectivity index (χ4v) is 2.36. The van der Waals surface area contributed by atoms with Crippen LogP contribution >= 0.6 is 0 Å². The highest BCUT2D eigenvalue weighted by Crippen LogP contribution is 2.25. The summed E-state index contributed by atoms with van der Waals surface area (Å²) in [6, 6.07) is 2.16. The van der Waals surface area contributed by atoms with Crippen LogP contribution < -0.4 is 4.90 Å². The van der Waals surface area contributed by atoms with Gasteiger partial charge in [-0.05, 0) is 25.3 Å². The maximum absolute atomic E-state index is 9.47. The zero-order chi connectivity index (χ0) is 13.2. The Morgan fingerprint density at radius 3 is 2.83 bits per heavy atom. The number of nitrogens with zero attached hydrogens (tertiary/aromatic N) is 3. The number of aliphatic hydroxyl groups is 1. The number of aliphatic hydroxyl groups excluding tert-OH is 1. The monoisotopic (exact) mass is 249 g/mol. The molecular formula is C14H23N3O. The van der Waals surface area contributed by atoms with Gasteiger partial charge in [-0.15, -0.1) is 0 Å². The summed E-state index contributed by atoms with van der Waals surface area (Å²) in [7, 11) is 0. The van der Waals surface area contributed by atoms with Crippen molar-refractivity contribution in [3.05, 3.63) is 18.1 Å². The van der Waals surface area contributed by atoms with Gasteiger partial charge in [-0.25, -0.2) is 9.97 Å². The smallest absolute Gasteiger partial charge is 0.135 e. The molecule has 2 rings (SSSR count). The molecule has 4 nitrogen and oxygen atoms in total. The Morgan fingerprint density at radius 1 is 1.39 bits per heavy atom. The molecule has 1 fully saturated rings. The highest BCUT2D eigenvalue weighted by molar-refractivity contribution is 5.40. The zero-order valence-corrected chi connectivity index (χ0v) is 11.6. The van der Waals surface area contributed by atoms with E-state index in [0.29, 0.717) is 0 Å². The van der Waals surface area contributed by atoms with Crippen molar-refractivity contribution in [3.63, 3.8) is 0 Å². The van der Waals surface area contributed by atoms with E-state index in [0.717, 1.165) is 24.6 Å². The summed E-state index contributed by atoms with van der Waals surface area (Å²) in [6.07, 6.45) is 5.24. The molecule has 0 amide bonds. The summed E-state index contributed by atoms with van der Waals surface area (Å²) in [5.74, 6) is 1.82. The molecule has 2 heterocycles. The SMILES string of the molecule is CC(C)(C)c1nccc(N2CCCCC2CO)n1. The summed E-state index contributed by atoms with van der Waals surface area (Å²) in [4.78, 5) is 11.2. The molecule has 0 aliphatic carbocycles. The van der Waals surface area contributed by atoms with Gasteiger partial charge < -0.3 is 10.0 Å². The van der Waals surface area contributed by atoms with Crippen LogP contribution in [0.5, 0.6) is 0 Å². The molecule has 0 saturated carbocycles. The molecular weight excluding hydrogens is 226 g/mol. The molecule has 1 N–H and O–H groups in total. The van der Waals surface area contributed by atoms with Gasteiger partial charge >= 0.3 is 0 Å². The fourth-order valence-electron chi connectivity index (χ4n) is 2.36. The Kier molecular flexibility index (Phi) is 3.85. The van der Waals surface area contributed by atoms with Gasteiger partial charge in [0, 0.05) is 18.2 Å². The largest absolute Gasteiger partial charge is 0.394 e. The molecule has 1 aliphatic heterocycles. The van der Waals surface area contributed by atoms with E-state index >= 15 is 0 Å². The summed E-state index contributed by atoms with van der Waals surface area (Å²) in [6.45, 7) is 7.53. The second-order valence-electron chi connectivity index (χ2n) is 6.01. The van der Waals surface area contributed by atoms with E-state index < -0.39 is 0 Å². The quantitative estimate of drug-likeness (QED) is 0.872. The van der Waals surface area contributed by atoms with Crippen molar-refractivity contribution in [2.75, 3.05) is 18.1 Å². The van der Waals surface area contributed by atoms with Crippen molar-refractivity contribution in [3.8, 4) is 0 Å². The second kappa shape index (κ2) is 5.22. The summed E-state index contributed by atoms with van der Waals surface area (Å²) < 4.78 is 0. The number of rotatable bonds is 2. The van der Waals surface area contributed by atoms with E-state index in [1.807, 2.05) is 12.3 Å². The normalized spacial score (nSPS) is 21.1. The lowest BCUT2D eigenvalue weighted by atomic mass is 9.95. The summed E-state index contributed by atoms with van der Waals surface area (Å²) >= 11 is 0. The minimum absolute atomic E-state index is 0.0412. The maximum Gasteiger partial charge on any atom is 0.135 e. The summed E-state index contributed by atoms with van der Waals surface area (Å²) in [5.41, 5.74) is -0.0412. The van der Waals surface area contributed by atoms with Crippen LogP contribution in [0.25, 0.3) is 0 Å². The van der Waals surface area contributed by atoms with E-state index in [-0.39, 0.29) is 18.1 Å². The van der Waals surface area contributed by atoms with Gasteiger partial charge in [-0.3, -0.25) is 0 Å². The van der Waals surface area contributed by atoms with Crippen LogP contribution in [0.4, 0.5) is 5.82 Å². The minimum atomic E-state index is -0.0412. The van der Waals surface area contributed by atoms with Crippen molar-refractivity contribution in [2.24, 2.45) is 0 Å². The van der Waals surface area contributed by atoms with Gasteiger partial charge in [-0.2, -0.15) is 0 Å². The van der Waals surface area contributed by atoms with Crippen LogP contribution in [-0.2, 0) is 5.41 Å². The van der Waals surface area contributed by atoms with Crippen LogP contribution in [0.15, 0.2) is 12.3 Å². The summed E-state index contributed by atoms with van der Waals surface area (Å²) in [5, 5.41) is 9.47. The number of anilines is 1. The van der Waals surface area contributed by atoms with E-state index in [1.165, 1.54) is 12.8 Å². The van der Waals surface area contributed by atoms with Gasteiger partial charge in [0.25, 0.3) is 0 Å². The highest BCUT2D eigenvalue weighted by atomic mass is 16.3. The lowest BCUT2D eigenvalue weighted by Gasteiger charge is -2.36. The first-order valence-corrected chi connectivity index (χ1v) is 6.73. The van der Waals surface area contributed by atoms with Crippen LogP contribution in [-0.4, -0.2) is 34.3 Å². The number of aromatic nitrogens is 2. The molecule has 100 valence electrons. The Hall–Kier alpha value is -1.16. The Balaban J connectivity index is 2.27. The Morgan fingerprint density at radius 2 is 2.17 bits per heavy atom. The predicted octanol–water partition coefficient (Wildman–Crippen LogP) is 2.13. The first kappa shape index (κ1) is 13.3. The van der Waals surface area contributed by atoms with Crippen molar-refractivity contribution in [1.82, 2.24) is 9.97 Å². The topological polar surface area (TPSA) is 49.2 Å². The van der Waals surface area contributed by atoms with Crippen molar-refractivity contribution >= 4 is 5.82 Å². The third-order valence-corrected chi connectivity index (χ3v) is 3.44. The maximum atomic E-state index is 9.47. The molecule has 0 radical (unpaired) electrons. The van der Waals surface area contributed by atoms with Gasteiger partial charge in [0.1, 0.15) is 11.6 Å². The average Bonchev–Trinajstić information content (AvgIpc) is 2.38. The highest BCUT2D eigenvalue weighted by Gasteiger charge is 2.24. The number of hydrogen-bond acceptors (Lipinski definition) is 4. The van der Waals surface area contributed by atoms with Gasteiger partial charge in [0.05, 0.1) is 12.6 Å². The molecule has 0 spiro atoms. The second-order valence-corrected chi connectivity index (χ2v) is 6.01. The first-order valence-electron chi connectivity index (χ1n) is 6.73. The van der Waals surface area contributed by atoms with Crippen LogP contribution in [0.1, 0.15) is 45.9 Å². The van der Waals surface area contributed by atoms with Crippen molar-refractivity contribution in [1.29, 1.82) is 0 Å². The molecule has 1 saturated heterocycles. The molecule has 0 aromatic carbocycles. The standard InChI is InChI=1S/C14H23N3O/c1-14(2,3)13-15-8-7-12(16-13)17-9-5-4-6-11(17)10-18/h7-8,11,18H,4-6,9-10H2,1-3H3. The lowest BCUT2D eigenvalue weighted by Crippen LogP contribution is -2.42. The Bertz CT molecular complexity index is 400. The third kappa shape index (κ3) is 2.80. The average molecular weight is 249 g/mol. The molecule has 1 aliphatic rings. The van der Waals surface area contributed by atoms with E-state index in [1.54, 1.807) is 0 Å². The third-order valence-electron chi connectivity index (χ3n) is 3.44. The van der Waals surface area contributed by atoms with Crippen LogP contribution in [0.2, 0.25) is 0 Å². The van der Waals surface area contributed by atoms with Crippen molar-refractivity contribution < 1.29 is 5.11 Å². The van der Waals surface area contributed by atoms with E-state index in [4.69, 9.17) is 0 Å². The fraction of sp³-hybridized carbons (Fsp3) is 0.714. The predicted molar refractivity (Wildman–Crippen MR) is 72.8 cm³/mol. The van der Waals surface area contributed by atoms with Gasteiger partial charge in [-0.1, -0.05) is 20.8 Å². The molecule has 1 aromatic heterocycles. The molecule has 1 aromatic rings. The molecule has 1 atom stereocenters. The molecule has 4 heteroatoms.